The van der Waals surface area contributed by atoms with Crippen molar-refractivity contribution in [3.05, 3.63) is 21.5 Å². The van der Waals surface area contributed by atoms with Crippen LogP contribution in [0.25, 0.3) is 0 Å². The van der Waals surface area contributed by atoms with Gasteiger partial charge in [-0.2, -0.15) is 0 Å². The molecule has 0 radical (unpaired) electrons. The predicted molar refractivity (Wildman–Crippen MR) is 88.0 cm³/mol. The summed E-state index contributed by atoms with van der Waals surface area (Å²) in [5.41, 5.74) is -2.85. The van der Waals surface area contributed by atoms with Crippen LogP contribution in [-0.4, -0.2) is 22.6 Å². The second-order valence-electron chi connectivity index (χ2n) is 4.48. The van der Waals surface area contributed by atoms with Crippen LogP contribution in [0.2, 0.25) is 0 Å². The Hall–Kier alpha value is 0.560. The van der Waals surface area contributed by atoms with Gasteiger partial charge in [-0.1, -0.05) is 51.5 Å². The summed E-state index contributed by atoms with van der Waals surface area (Å²) in [6.45, 7) is 5.20. The van der Waals surface area contributed by atoms with Gasteiger partial charge in [0, 0.05) is 10.2 Å². The Bertz CT molecular complexity index is 327. The smallest absolute Gasteiger partial charge is 0.265 e. The highest BCUT2D eigenvalue weighted by atomic mass is 79.9. The highest BCUT2D eigenvalue weighted by Gasteiger charge is 2.33. The maximum absolute atomic E-state index is 13.4. The number of rotatable bonds is 8. The molecule has 0 rings (SSSR count). The van der Waals surface area contributed by atoms with Crippen molar-refractivity contribution in [1.29, 1.82) is 0 Å². The third kappa shape index (κ3) is 9.17. The summed E-state index contributed by atoms with van der Waals surface area (Å²) in [5, 5.41) is 9.29. The summed E-state index contributed by atoms with van der Waals surface area (Å²) in [7, 11) is 1.59. The largest absolute Gasteiger partial charge is 0.393 e. The lowest BCUT2D eigenvalue weighted by atomic mass is 10.1. The Kier molecular flexibility index (Phi) is 9.77. The lowest BCUT2D eigenvalue weighted by molar-refractivity contribution is 0.0641. The zero-order chi connectivity index (χ0) is 15.1. The lowest BCUT2D eigenvalue weighted by Crippen LogP contribution is -2.19. The minimum absolute atomic E-state index is 0.408. The van der Waals surface area contributed by atoms with Crippen molar-refractivity contribution in [3.8, 4) is 0 Å². The zero-order valence-electron chi connectivity index (χ0n) is 11.5. The van der Waals surface area contributed by atoms with Crippen molar-refractivity contribution < 1.29 is 13.9 Å². The number of allylic oxidation sites excluding steroid dienone is 4. The number of hydrogen-bond donors (Lipinski definition) is 1. The van der Waals surface area contributed by atoms with Crippen LogP contribution in [0.3, 0.4) is 0 Å². The van der Waals surface area contributed by atoms with Gasteiger partial charge >= 0.3 is 0 Å². The van der Waals surface area contributed by atoms with Gasteiger partial charge in [0.05, 0.1) is 12.0 Å². The summed E-state index contributed by atoms with van der Waals surface area (Å²) in [6, 6.07) is 0. The Balaban J connectivity index is 4.99. The minimum Gasteiger partial charge on any atom is -0.393 e. The van der Waals surface area contributed by atoms with Gasteiger partial charge in [0.1, 0.15) is 0 Å². The average molecular weight is 375 g/mol. The van der Waals surface area contributed by atoms with E-state index in [0.717, 1.165) is 17.3 Å². The van der Waals surface area contributed by atoms with E-state index in [1.54, 1.807) is 22.2 Å². The highest BCUT2D eigenvalue weighted by molar-refractivity contribution is 9.11. The molecule has 0 heterocycles. The SMILES string of the molecule is CCC/C=C(Br)\C=C(\SCC(C)O)C(C)C(F)(F)P. The molecule has 0 aliphatic carbocycles. The molecule has 0 saturated carbocycles. The Morgan fingerprint density at radius 1 is 1.47 bits per heavy atom. The van der Waals surface area contributed by atoms with Gasteiger partial charge in [-0.15, -0.1) is 11.8 Å². The van der Waals surface area contributed by atoms with Crippen LogP contribution in [0.15, 0.2) is 21.5 Å². The van der Waals surface area contributed by atoms with Crippen LogP contribution in [0, 0.1) is 5.92 Å². The van der Waals surface area contributed by atoms with Crippen molar-refractivity contribution in [2.24, 2.45) is 5.92 Å². The van der Waals surface area contributed by atoms with Crippen molar-refractivity contribution >= 4 is 36.9 Å². The molecule has 0 spiro atoms. The molecule has 0 aliphatic heterocycles. The van der Waals surface area contributed by atoms with Crippen molar-refractivity contribution in [2.45, 2.75) is 45.4 Å². The van der Waals surface area contributed by atoms with Gasteiger partial charge in [0.15, 0.2) is 0 Å². The molecule has 0 aromatic heterocycles. The quantitative estimate of drug-likeness (QED) is 0.467. The molecular formula is C13H22BrF2OPS. The number of aliphatic hydroxyl groups excluding tert-OH is 1. The molecule has 0 fully saturated rings. The Morgan fingerprint density at radius 3 is 2.47 bits per heavy atom. The summed E-state index contributed by atoms with van der Waals surface area (Å²) in [4.78, 5) is 0.570. The molecule has 0 aromatic rings. The maximum Gasteiger partial charge on any atom is 0.265 e. The molecule has 0 aromatic carbocycles. The van der Waals surface area contributed by atoms with Crippen molar-refractivity contribution in [1.82, 2.24) is 0 Å². The maximum atomic E-state index is 13.4. The molecular weight excluding hydrogens is 353 g/mol. The number of halogens is 3. The van der Waals surface area contributed by atoms with Gasteiger partial charge < -0.3 is 5.11 Å². The van der Waals surface area contributed by atoms with E-state index in [2.05, 4.69) is 22.9 Å². The topological polar surface area (TPSA) is 20.2 Å². The summed E-state index contributed by atoms with van der Waals surface area (Å²) < 4.78 is 27.6. The number of unbranched alkanes of at least 4 members (excludes halogenated alkanes) is 1. The van der Waals surface area contributed by atoms with E-state index in [4.69, 9.17) is 0 Å². The van der Waals surface area contributed by atoms with Crippen LogP contribution >= 0.6 is 36.9 Å². The van der Waals surface area contributed by atoms with Gasteiger partial charge in [-0.05, 0) is 24.3 Å². The summed E-state index contributed by atoms with van der Waals surface area (Å²) in [6.07, 6.45) is 5.09. The monoisotopic (exact) mass is 374 g/mol. The first kappa shape index (κ1) is 19.6. The number of aliphatic hydroxyl groups is 1. The van der Waals surface area contributed by atoms with Gasteiger partial charge in [-0.25, -0.2) is 8.78 Å². The second-order valence-corrected chi connectivity index (χ2v) is 7.26. The Labute approximate surface area is 129 Å². The number of thioether (sulfide) groups is 1. The van der Waals surface area contributed by atoms with E-state index in [1.165, 1.54) is 18.7 Å². The lowest BCUT2D eigenvalue weighted by Gasteiger charge is -2.22. The van der Waals surface area contributed by atoms with Crippen LogP contribution in [0.5, 0.6) is 0 Å². The highest BCUT2D eigenvalue weighted by Crippen LogP contribution is 2.41. The van der Waals surface area contributed by atoms with E-state index in [1.807, 2.05) is 6.08 Å². The fourth-order valence-electron chi connectivity index (χ4n) is 1.18. The third-order valence-corrected chi connectivity index (χ3v) is 4.91. The molecule has 112 valence electrons. The van der Waals surface area contributed by atoms with Crippen LogP contribution in [0.4, 0.5) is 8.78 Å². The summed E-state index contributed by atoms with van der Waals surface area (Å²) >= 11 is 4.65. The van der Waals surface area contributed by atoms with E-state index in [-0.39, 0.29) is 0 Å². The predicted octanol–water partition coefficient (Wildman–Crippen LogP) is 5.17. The van der Waals surface area contributed by atoms with Crippen LogP contribution in [-0.2, 0) is 0 Å². The fraction of sp³-hybridized carbons (Fsp3) is 0.692. The average Bonchev–Trinajstić information content (AvgIpc) is 2.29. The first-order valence-electron chi connectivity index (χ1n) is 6.23. The normalized spacial score (nSPS) is 17.5. The fourth-order valence-corrected chi connectivity index (χ4v) is 3.15. The van der Waals surface area contributed by atoms with E-state index in [0.29, 0.717) is 10.7 Å². The molecule has 0 bridgehead atoms. The molecule has 1 nitrogen and oxygen atoms in total. The molecule has 0 amide bonds. The molecule has 0 aliphatic rings. The first-order chi connectivity index (χ1) is 8.68. The first-order valence-corrected chi connectivity index (χ1v) is 8.58. The standard InChI is InChI=1S/C13H22BrF2OPS/c1-4-5-6-11(14)7-12(19-8-9(2)17)10(3)13(15,16)18/h6-7,9-10,17H,4-5,8,18H2,1-3H3/b11-6+,12-7+. The molecule has 0 saturated heterocycles. The van der Waals surface area contributed by atoms with Gasteiger partial charge in [-0.3, -0.25) is 0 Å². The molecule has 19 heavy (non-hydrogen) atoms. The third-order valence-electron chi connectivity index (χ3n) is 2.40. The zero-order valence-corrected chi connectivity index (χ0v) is 15.1. The van der Waals surface area contributed by atoms with E-state index >= 15 is 0 Å². The summed E-state index contributed by atoms with van der Waals surface area (Å²) in [5.74, 6) is -0.492. The minimum atomic E-state index is -2.85. The second kappa shape index (κ2) is 9.49. The van der Waals surface area contributed by atoms with Gasteiger partial charge in [0.25, 0.3) is 5.66 Å². The van der Waals surface area contributed by atoms with E-state index < -0.39 is 17.7 Å². The molecule has 6 heteroatoms. The number of hydrogen-bond acceptors (Lipinski definition) is 2. The van der Waals surface area contributed by atoms with Crippen LogP contribution in [0.1, 0.15) is 33.6 Å². The molecule has 3 atom stereocenters. The number of alkyl halides is 2. The van der Waals surface area contributed by atoms with Crippen molar-refractivity contribution in [2.75, 3.05) is 5.75 Å². The van der Waals surface area contributed by atoms with Crippen molar-refractivity contribution in [3.63, 3.8) is 0 Å². The van der Waals surface area contributed by atoms with Crippen LogP contribution < -0.4 is 0 Å². The molecule has 1 N–H and O–H groups in total. The van der Waals surface area contributed by atoms with E-state index in [9.17, 15) is 13.9 Å². The Morgan fingerprint density at radius 2 is 2.05 bits per heavy atom. The molecule has 3 unspecified atom stereocenters. The van der Waals surface area contributed by atoms with Gasteiger partial charge in [0.2, 0.25) is 0 Å².